The van der Waals surface area contributed by atoms with E-state index >= 15 is 0 Å². The number of ketones is 1. The Morgan fingerprint density at radius 3 is 2.30 bits per heavy atom. The minimum absolute atomic E-state index is 0.0645. The van der Waals surface area contributed by atoms with E-state index in [0.717, 1.165) is 0 Å². The van der Waals surface area contributed by atoms with Gasteiger partial charge in [0.25, 0.3) is 0 Å². The van der Waals surface area contributed by atoms with Gasteiger partial charge in [0.2, 0.25) is 0 Å². The van der Waals surface area contributed by atoms with Gasteiger partial charge in [0.1, 0.15) is 0 Å². The maximum absolute atomic E-state index is 10.6. The molecule has 0 amide bonds. The molecule has 0 aliphatic heterocycles. The van der Waals surface area contributed by atoms with Crippen LogP contribution in [0.2, 0.25) is 0 Å². The summed E-state index contributed by atoms with van der Waals surface area (Å²) in [6.45, 7) is 3.26. The third-order valence-electron chi connectivity index (χ3n) is 1.11. The highest BCUT2D eigenvalue weighted by Crippen LogP contribution is 1.92. The Morgan fingerprint density at radius 2 is 1.90 bits per heavy atom. The van der Waals surface area contributed by atoms with Gasteiger partial charge in [-0.2, -0.15) is 0 Å². The van der Waals surface area contributed by atoms with Crippen LogP contribution in [0, 0.1) is 5.41 Å². The average molecular weight is 137 g/mol. The standard InChI is InChI=1S/C8H11NO/c1-7(8(2)10)5-3-4-6-9/h3-6,9H,1-2H3/b4-3-,7-5+,9-6?. The van der Waals surface area contributed by atoms with Gasteiger partial charge >= 0.3 is 0 Å². The van der Waals surface area contributed by atoms with Crippen molar-refractivity contribution in [2.24, 2.45) is 0 Å². The molecule has 0 aliphatic rings. The van der Waals surface area contributed by atoms with Crippen LogP contribution < -0.4 is 0 Å². The van der Waals surface area contributed by atoms with Crippen LogP contribution in [0.3, 0.4) is 0 Å². The molecule has 0 saturated carbocycles. The SMILES string of the molecule is CC(=O)/C(C)=C/C=C\C=N. The van der Waals surface area contributed by atoms with Crippen LogP contribution in [0.5, 0.6) is 0 Å². The number of hydrogen-bond donors (Lipinski definition) is 1. The van der Waals surface area contributed by atoms with Crippen molar-refractivity contribution < 1.29 is 4.79 Å². The number of hydrogen-bond acceptors (Lipinski definition) is 2. The smallest absolute Gasteiger partial charge is 0.155 e. The first-order valence-electron chi connectivity index (χ1n) is 3.03. The van der Waals surface area contributed by atoms with Crippen LogP contribution in [-0.4, -0.2) is 12.0 Å². The second-order valence-corrected chi connectivity index (χ2v) is 1.96. The second kappa shape index (κ2) is 4.68. The maximum Gasteiger partial charge on any atom is 0.155 e. The first-order chi connectivity index (χ1) is 4.68. The summed E-state index contributed by atoms with van der Waals surface area (Å²) >= 11 is 0. The molecule has 0 aromatic rings. The van der Waals surface area contributed by atoms with E-state index in [9.17, 15) is 4.79 Å². The van der Waals surface area contributed by atoms with Gasteiger partial charge in [0, 0.05) is 6.21 Å². The largest absolute Gasteiger partial charge is 0.309 e. The summed E-state index contributed by atoms with van der Waals surface area (Å²) in [6.07, 6.45) is 6.09. The van der Waals surface area contributed by atoms with E-state index in [1.807, 2.05) is 0 Å². The van der Waals surface area contributed by atoms with Crippen LogP contribution in [0.1, 0.15) is 13.8 Å². The van der Waals surface area contributed by atoms with Gasteiger partial charge in [-0.3, -0.25) is 4.79 Å². The number of carbonyl (C=O) groups excluding carboxylic acids is 1. The third kappa shape index (κ3) is 3.78. The highest BCUT2D eigenvalue weighted by molar-refractivity contribution is 5.92. The van der Waals surface area contributed by atoms with E-state index in [-0.39, 0.29) is 5.78 Å². The van der Waals surface area contributed by atoms with E-state index in [0.29, 0.717) is 5.57 Å². The first-order valence-corrected chi connectivity index (χ1v) is 3.03. The lowest BCUT2D eigenvalue weighted by Gasteiger charge is -1.87. The number of Topliss-reactive ketones (excluding diaryl/α,β-unsaturated/α-hetero) is 1. The molecule has 0 unspecified atom stereocenters. The highest BCUT2D eigenvalue weighted by atomic mass is 16.1. The molecule has 0 bridgehead atoms. The fourth-order valence-electron chi connectivity index (χ4n) is 0.373. The minimum Gasteiger partial charge on any atom is -0.309 e. The molecule has 0 heterocycles. The lowest BCUT2D eigenvalue weighted by Crippen LogP contribution is -1.89. The molecule has 0 aliphatic carbocycles. The van der Waals surface area contributed by atoms with Gasteiger partial charge in [-0.25, -0.2) is 0 Å². The Balaban J connectivity index is 4.04. The zero-order chi connectivity index (χ0) is 7.98. The Morgan fingerprint density at radius 1 is 1.30 bits per heavy atom. The molecule has 0 radical (unpaired) electrons. The molecule has 10 heavy (non-hydrogen) atoms. The van der Waals surface area contributed by atoms with Crippen LogP contribution in [0.15, 0.2) is 23.8 Å². The minimum atomic E-state index is 0.0645. The average Bonchev–Trinajstić information content (AvgIpc) is 1.88. The summed E-state index contributed by atoms with van der Waals surface area (Å²) in [6, 6.07) is 0. The molecular formula is C8H11NO. The van der Waals surface area contributed by atoms with E-state index in [1.165, 1.54) is 13.1 Å². The fraction of sp³-hybridized carbons (Fsp3) is 0.250. The van der Waals surface area contributed by atoms with Crippen molar-refractivity contribution >= 4 is 12.0 Å². The van der Waals surface area contributed by atoms with Crippen LogP contribution in [0.4, 0.5) is 0 Å². The molecule has 0 spiro atoms. The number of allylic oxidation sites excluding steroid dienone is 4. The molecule has 0 saturated heterocycles. The molecule has 0 atom stereocenters. The van der Waals surface area contributed by atoms with Crippen LogP contribution in [0.25, 0.3) is 0 Å². The van der Waals surface area contributed by atoms with Crippen molar-refractivity contribution in [2.75, 3.05) is 0 Å². The highest BCUT2D eigenvalue weighted by Gasteiger charge is 1.90. The summed E-state index contributed by atoms with van der Waals surface area (Å²) in [7, 11) is 0. The van der Waals surface area contributed by atoms with Crippen LogP contribution >= 0.6 is 0 Å². The fourth-order valence-corrected chi connectivity index (χ4v) is 0.373. The summed E-state index contributed by atoms with van der Waals surface area (Å²) in [4.78, 5) is 10.6. The molecule has 0 fully saturated rings. The normalized spacial score (nSPS) is 12.0. The summed E-state index contributed by atoms with van der Waals surface area (Å²) in [5, 5.41) is 6.63. The molecule has 2 heteroatoms. The zero-order valence-electron chi connectivity index (χ0n) is 6.22. The number of rotatable bonds is 3. The molecule has 2 nitrogen and oxygen atoms in total. The molecular weight excluding hydrogens is 126 g/mol. The molecule has 1 N–H and O–H groups in total. The van der Waals surface area contributed by atoms with Gasteiger partial charge in [0.05, 0.1) is 0 Å². The van der Waals surface area contributed by atoms with Gasteiger partial charge in [-0.1, -0.05) is 12.2 Å². The second-order valence-electron chi connectivity index (χ2n) is 1.96. The van der Waals surface area contributed by atoms with Crippen molar-refractivity contribution in [1.29, 1.82) is 5.41 Å². The Hall–Kier alpha value is -1.18. The monoisotopic (exact) mass is 137 g/mol. The van der Waals surface area contributed by atoms with Gasteiger partial charge < -0.3 is 5.41 Å². The van der Waals surface area contributed by atoms with Crippen molar-refractivity contribution in [3.8, 4) is 0 Å². The lowest BCUT2D eigenvalue weighted by molar-refractivity contribution is -0.113. The summed E-state index contributed by atoms with van der Waals surface area (Å²) in [5.74, 6) is 0.0645. The zero-order valence-corrected chi connectivity index (χ0v) is 6.22. The Bertz CT molecular complexity index is 189. The molecule has 0 aromatic heterocycles. The van der Waals surface area contributed by atoms with E-state index in [4.69, 9.17) is 5.41 Å². The third-order valence-corrected chi connectivity index (χ3v) is 1.11. The predicted octanol–water partition coefficient (Wildman–Crippen LogP) is 1.73. The number of carbonyl (C=O) groups is 1. The van der Waals surface area contributed by atoms with Crippen molar-refractivity contribution in [2.45, 2.75) is 13.8 Å². The van der Waals surface area contributed by atoms with Crippen LogP contribution in [-0.2, 0) is 4.79 Å². The molecule has 54 valence electrons. The van der Waals surface area contributed by atoms with Crippen molar-refractivity contribution in [1.82, 2.24) is 0 Å². The van der Waals surface area contributed by atoms with Crippen molar-refractivity contribution in [3.63, 3.8) is 0 Å². The quantitative estimate of drug-likeness (QED) is 0.359. The summed E-state index contributed by atoms with van der Waals surface area (Å²) < 4.78 is 0. The lowest BCUT2D eigenvalue weighted by atomic mass is 10.2. The predicted molar refractivity (Wildman–Crippen MR) is 42.4 cm³/mol. The number of nitrogens with one attached hydrogen (secondary N) is 1. The Kier molecular flexibility index (Phi) is 4.12. The van der Waals surface area contributed by atoms with Gasteiger partial charge in [-0.05, 0) is 25.5 Å². The van der Waals surface area contributed by atoms with Gasteiger partial charge in [-0.15, -0.1) is 0 Å². The molecule has 0 aromatic carbocycles. The molecule has 0 rings (SSSR count). The van der Waals surface area contributed by atoms with Gasteiger partial charge in [0.15, 0.2) is 5.78 Å². The maximum atomic E-state index is 10.6. The first kappa shape index (κ1) is 8.82. The summed E-state index contributed by atoms with van der Waals surface area (Å²) in [5.41, 5.74) is 0.707. The van der Waals surface area contributed by atoms with E-state index in [1.54, 1.807) is 25.2 Å². The van der Waals surface area contributed by atoms with E-state index < -0.39 is 0 Å². The van der Waals surface area contributed by atoms with E-state index in [2.05, 4.69) is 0 Å². The Labute approximate surface area is 60.8 Å². The van der Waals surface area contributed by atoms with Crippen molar-refractivity contribution in [3.05, 3.63) is 23.8 Å². The topological polar surface area (TPSA) is 40.9 Å².